The summed E-state index contributed by atoms with van der Waals surface area (Å²) in [4.78, 5) is 32.6. The first kappa shape index (κ1) is 21.1. The SMILES string of the molecule is CCN1CC[C@]2(CN(CCOC)CC23CCN(C(=O)Nc2ccccc2)CC3)C1=O. The molecular formula is C23H34N4O3. The lowest BCUT2D eigenvalue weighted by atomic mass is 9.60. The standard InChI is InChI=1S/C23H34N4O3/c1-3-26-14-11-23(20(26)28)18-25(15-16-30-2)17-22(23)9-12-27(13-10-22)21(29)24-19-7-5-4-6-8-19/h4-8H,3,9-18H2,1-2H3,(H,24,29)/t23-/m0/s1. The van der Waals surface area contributed by atoms with E-state index in [-0.39, 0.29) is 16.9 Å². The molecule has 3 aliphatic heterocycles. The van der Waals surface area contributed by atoms with E-state index in [4.69, 9.17) is 4.74 Å². The van der Waals surface area contributed by atoms with Crippen LogP contribution in [0, 0.1) is 10.8 Å². The summed E-state index contributed by atoms with van der Waals surface area (Å²) in [6, 6.07) is 9.53. The van der Waals surface area contributed by atoms with Gasteiger partial charge in [0.25, 0.3) is 0 Å². The molecule has 7 nitrogen and oxygen atoms in total. The van der Waals surface area contributed by atoms with Crippen LogP contribution in [0.2, 0.25) is 0 Å². The maximum atomic E-state index is 13.5. The van der Waals surface area contributed by atoms with E-state index in [1.807, 2.05) is 40.1 Å². The highest BCUT2D eigenvalue weighted by molar-refractivity contribution is 5.89. The summed E-state index contributed by atoms with van der Waals surface area (Å²) in [5.41, 5.74) is 0.458. The molecule has 164 valence electrons. The third kappa shape index (κ3) is 3.58. The van der Waals surface area contributed by atoms with Crippen molar-refractivity contribution in [2.24, 2.45) is 10.8 Å². The molecule has 1 N–H and O–H groups in total. The minimum absolute atomic E-state index is 0.0488. The Balaban J connectivity index is 1.48. The van der Waals surface area contributed by atoms with Crippen LogP contribution < -0.4 is 5.32 Å². The average molecular weight is 415 g/mol. The normalized spacial score (nSPS) is 26.1. The molecule has 7 heteroatoms. The number of amides is 3. The van der Waals surface area contributed by atoms with E-state index < -0.39 is 0 Å². The molecule has 2 spiro atoms. The molecule has 1 atom stereocenters. The number of anilines is 1. The molecular weight excluding hydrogens is 380 g/mol. The number of piperidine rings is 1. The van der Waals surface area contributed by atoms with E-state index in [2.05, 4.69) is 17.1 Å². The molecule has 3 saturated heterocycles. The lowest BCUT2D eigenvalue weighted by Gasteiger charge is -2.47. The summed E-state index contributed by atoms with van der Waals surface area (Å²) < 4.78 is 5.31. The zero-order valence-electron chi connectivity index (χ0n) is 18.2. The third-order valence-corrected chi connectivity index (χ3v) is 7.57. The lowest BCUT2D eigenvalue weighted by Crippen LogP contribution is -2.54. The van der Waals surface area contributed by atoms with Crippen molar-refractivity contribution < 1.29 is 14.3 Å². The van der Waals surface area contributed by atoms with Gasteiger partial charge in [0.05, 0.1) is 12.0 Å². The molecule has 3 fully saturated rings. The minimum atomic E-state index is -0.307. The van der Waals surface area contributed by atoms with Crippen molar-refractivity contribution in [3.05, 3.63) is 30.3 Å². The topological polar surface area (TPSA) is 65.1 Å². The van der Waals surface area contributed by atoms with Crippen molar-refractivity contribution >= 4 is 17.6 Å². The van der Waals surface area contributed by atoms with Gasteiger partial charge in [-0.05, 0) is 38.3 Å². The smallest absolute Gasteiger partial charge is 0.321 e. The minimum Gasteiger partial charge on any atom is -0.383 e. The van der Waals surface area contributed by atoms with Gasteiger partial charge in [0.15, 0.2) is 0 Å². The zero-order chi connectivity index (χ0) is 21.2. The molecule has 1 aromatic rings. The molecule has 4 rings (SSSR count). The van der Waals surface area contributed by atoms with Crippen LogP contribution in [-0.4, -0.2) is 86.2 Å². The zero-order valence-corrected chi connectivity index (χ0v) is 18.2. The highest BCUT2D eigenvalue weighted by atomic mass is 16.5. The fourth-order valence-electron chi connectivity index (χ4n) is 5.84. The van der Waals surface area contributed by atoms with Crippen LogP contribution in [0.25, 0.3) is 0 Å². The van der Waals surface area contributed by atoms with Gasteiger partial charge in [-0.15, -0.1) is 0 Å². The van der Waals surface area contributed by atoms with Gasteiger partial charge < -0.3 is 19.9 Å². The number of likely N-dealkylation sites (tertiary alicyclic amines) is 3. The van der Waals surface area contributed by atoms with Gasteiger partial charge in [0.2, 0.25) is 5.91 Å². The Labute approximate surface area is 179 Å². The fraction of sp³-hybridized carbons (Fsp3) is 0.652. The summed E-state index contributed by atoms with van der Waals surface area (Å²) in [5.74, 6) is 0.326. The van der Waals surface area contributed by atoms with Crippen LogP contribution in [0.1, 0.15) is 26.2 Å². The van der Waals surface area contributed by atoms with E-state index in [1.165, 1.54) is 0 Å². The Morgan fingerprint density at radius 3 is 2.47 bits per heavy atom. The fourth-order valence-corrected chi connectivity index (χ4v) is 5.84. The number of nitrogens with zero attached hydrogens (tertiary/aromatic N) is 3. The number of hydrogen-bond donors (Lipinski definition) is 1. The van der Waals surface area contributed by atoms with Crippen molar-refractivity contribution in [2.75, 3.05) is 64.8 Å². The van der Waals surface area contributed by atoms with Crippen LogP contribution in [-0.2, 0) is 9.53 Å². The number of ether oxygens (including phenoxy) is 1. The van der Waals surface area contributed by atoms with E-state index in [0.29, 0.717) is 25.6 Å². The Bertz CT molecular complexity index is 763. The number of para-hydroxylation sites is 1. The summed E-state index contributed by atoms with van der Waals surface area (Å²) >= 11 is 0. The first-order valence-corrected chi connectivity index (χ1v) is 11.2. The van der Waals surface area contributed by atoms with Crippen LogP contribution >= 0.6 is 0 Å². The predicted octanol–water partition coefficient (Wildman–Crippen LogP) is 2.50. The molecule has 0 aromatic heterocycles. The second kappa shape index (κ2) is 8.55. The largest absolute Gasteiger partial charge is 0.383 e. The number of benzene rings is 1. The van der Waals surface area contributed by atoms with E-state index in [0.717, 1.165) is 57.7 Å². The average Bonchev–Trinajstić information content (AvgIpc) is 3.25. The Morgan fingerprint density at radius 2 is 1.83 bits per heavy atom. The van der Waals surface area contributed by atoms with Crippen LogP contribution in [0.4, 0.5) is 10.5 Å². The molecule has 30 heavy (non-hydrogen) atoms. The van der Waals surface area contributed by atoms with Gasteiger partial charge in [-0.3, -0.25) is 9.69 Å². The predicted molar refractivity (Wildman–Crippen MR) is 116 cm³/mol. The lowest BCUT2D eigenvalue weighted by molar-refractivity contribution is -0.141. The van der Waals surface area contributed by atoms with E-state index in [1.54, 1.807) is 7.11 Å². The summed E-state index contributed by atoms with van der Waals surface area (Å²) in [6.45, 7) is 8.37. The Kier molecular flexibility index (Phi) is 6.02. The Hall–Kier alpha value is -2.12. The van der Waals surface area contributed by atoms with E-state index >= 15 is 0 Å². The van der Waals surface area contributed by atoms with Crippen molar-refractivity contribution in [3.8, 4) is 0 Å². The molecule has 1 aromatic carbocycles. The molecule has 0 radical (unpaired) electrons. The van der Waals surface area contributed by atoms with Crippen molar-refractivity contribution in [3.63, 3.8) is 0 Å². The monoisotopic (exact) mass is 414 g/mol. The summed E-state index contributed by atoms with van der Waals surface area (Å²) in [7, 11) is 1.73. The van der Waals surface area contributed by atoms with Gasteiger partial charge in [0.1, 0.15) is 0 Å². The maximum Gasteiger partial charge on any atom is 0.321 e. The molecule has 0 unspecified atom stereocenters. The number of fused-ring (bicyclic) bond motifs is 1. The van der Waals surface area contributed by atoms with Gasteiger partial charge in [-0.25, -0.2) is 4.79 Å². The summed E-state index contributed by atoms with van der Waals surface area (Å²) in [5, 5.41) is 3.00. The molecule has 3 amide bonds. The molecule has 3 heterocycles. The number of rotatable bonds is 5. The van der Waals surface area contributed by atoms with Crippen molar-refractivity contribution in [2.45, 2.75) is 26.2 Å². The highest BCUT2D eigenvalue weighted by Gasteiger charge is 2.64. The number of nitrogens with one attached hydrogen (secondary N) is 1. The van der Waals surface area contributed by atoms with Gasteiger partial charge >= 0.3 is 6.03 Å². The number of urea groups is 1. The van der Waals surface area contributed by atoms with Gasteiger partial charge in [-0.2, -0.15) is 0 Å². The molecule has 0 saturated carbocycles. The van der Waals surface area contributed by atoms with Gasteiger partial charge in [0, 0.05) is 64.0 Å². The third-order valence-electron chi connectivity index (χ3n) is 7.57. The van der Waals surface area contributed by atoms with Crippen LogP contribution in [0.15, 0.2) is 30.3 Å². The quantitative estimate of drug-likeness (QED) is 0.804. The number of carbonyl (C=O) groups is 2. The summed E-state index contributed by atoms with van der Waals surface area (Å²) in [6.07, 6.45) is 2.68. The number of carbonyl (C=O) groups excluding carboxylic acids is 2. The van der Waals surface area contributed by atoms with Crippen LogP contribution in [0.5, 0.6) is 0 Å². The maximum absolute atomic E-state index is 13.5. The number of methoxy groups -OCH3 is 1. The first-order chi connectivity index (χ1) is 14.5. The van der Waals surface area contributed by atoms with Crippen LogP contribution in [0.3, 0.4) is 0 Å². The molecule has 0 aliphatic carbocycles. The highest BCUT2D eigenvalue weighted by Crippen LogP contribution is 2.57. The molecule has 0 bridgehead atoms. The Morgan fingerprint density at radius 1 is 1.10 bits per heavy atom. The van der Waals surface area contributed by atoms with Crippen molar-refractivity contribution in [1.82, 2.24) is 14.7 Å². The van der Waals surface area contributed by atoms with E-state index in [9.17, 15) is 9.59 Å². The van der Waals surface area contributed by atoms with Gasteiger partial charge in [-0.1, -0.05) is 18.2 Å². The first-order valence-electron chi connectivity index (χ1n) is 11.2. The number of hydrogen-bond acceptors (Lipinski definition) is 4. The van der Waals surface area contributed by atoms with Crippen molar-refractivity contribution in [1.29, 1.82) is 0 Å². The molecule has 3 aliphatic rings. The second-order valence-electron chi connectivity index (χ2n) is 8.98. The second-order valence-corrected chi connectivity index (χ2v) is 8.98.